The van der Waals surface area contributed by atoms with Gasteiger partial charge in [-0.3, -0.25) is 9.59 Å². The molecule has 0 radical (unpaired) electrons. The summed E-state index contributed by atoms with van der Waals surface area (Å²) in [5, 5.41) is 22.6. The van der Waals surface area contributed by atoms with Crippen LogP contribution in [-0.2, 0) is 0 Å². The molecule has 0 spiro atoms. The second-order valence-corrected chi connectivity index (χ2v) is 4.07. The van der Waals surface area contributed by atoms with Crippen LogP contribution in [0.3, 0.4) is 0 Å². The largest absolute Gasteiger partial charge is 0.390 e. The maximum Gasteiger partial charge on any atom is 0.150 e. The topological polar surface area (TPSA) is 86.6 Å². The molecule has 0 heterocycles. The summed E-state index contributed by atoms with van der Waals surface area (Å²) in [5.41, 5.74) is 0.967. The molecule has 5 nitrogen and oxygen atoms in total. The Hall–Kier alpha value is -1.56. The van der Waals surface area contributed by atoms with Crippen molar-refractivity contribution in [2.24, 2.45) is 0 Å². The van der Waals surface area contributed by atoms with Gasteiger partial charge in [0.25, 0.3) is 0 Å². The maximum absolute atomic E-state index is 10.7. The number of rotatable bonds is 7. The number of aliphatic hydroxyl groups excluding tert-OH is 2. The van der Waals surface area contributed by atoms with Gasteiger partial charge in [-0.15, -0.1) is 0 Å². The first-order valence-electron chi connectivity index (χ1n) is 5.68. The molecule has 0 aliphatic carbocycles. The Morgan fingerprint density at radius 2 is 1.72 bits per heavy atom. The number of aliphatic hydroxyl groups is 2. The molecule has 1 rings (SSSR count). The molecule has 5 heteroatoms. The van der Waals surface area contributed by atoms with Gasteiger partial charge in [0.2, 0.25) is 0 Å². The molecule has 0 aliphatic rings. The first-order valence-corrected chi connectivity index (χ1v) is 5.68. The quantitative estimate of drug-likeness (QED) is 0.607. The predicted octanol–water partition coefficient (Wildman–Crippen LogP) is 0.315. The van der Waals surface area contributed by atoms with E-state index in [1.165, 1.54) is 18.2 Å². The van der Waals surface area contributed by atoms with E-state index in [4.69, 9.17) is 0 Å². The molecule has 2 atom stereocenters. The van der Waals surface area contributed by atoms with Gasteiger partial charge < -0.3 is 15.5 Å². The second-order valence-electron chi connectivity index (χ2n) is 4.07. The zero-order valence-corrected chi connectivity index (χ0v) is 10.2. The highest BCUT2D eigenvalue weighted by Gasteiger charge is 2.18. The zero-order chi connectivity index (χ0) is 13.5. The van der Waals surface area contributed by atoms with Crippen LogP contribution in [0.4, 0.5) is 0 Å². The highest BCUT2D eigenvalue weighted by Crippen LogP contribution is 2.21. The molecule has 18 heavy (non-hydrogen) atoms. The smallest absolute Gasteiger partial charge is 0.150 e. The van der Waals surface area contributed by atoms with Crippen molar-refractivity contribution in [3.8, 4) is 0 Å². The van der Waals surface area contributed by atoms with Gasteiger partial charge in [-0.25, -0.2) is 0 Å². The van der Waals surface area contributed by atoms with Crippen molar-refractivity contribution in [1.82, 2.24) is 5.32 Å². The molecule has 0 amide bonds. The highest BCUT2D eigenvalue weighted by atomic mass is 16.3. The van der Waals surface area contributed by atoms with E-state index in [0.717, 1.165) is 0 Å². The van der Waals surface area contributed by atoms with Crippen LogP contribution >= 0.6 is 0 Å². The average molecular weight is 251 g/mol. The SMILES string of the molecule is CNCCC(O)C(O)c1cc(C=O)cc(C=O)c1. The Kier molecular flexibility index (Phi) is 5.64. The highest BCUT2D eigenvalue weighted by molar-refractivity contribution is 5.82. The minimum absolute atomic E-state index is 0.300. The minimum atomic E-state index is -1.11. The van der Waals surface area contributed by atoms with E-state index in [9.17, 15) is 19.8 Å². The molecule has 3 N–H and O–H groups in total. The molecule has 1 aromatic carbocycles. The van der Waals surface area contributed by atoms with Gasteiger partial charge in [0.1, 0.15) is 18.7 Å². The Balaban J connectivity index is 2.93. The maximum atomic E-state index is 10.7. The van der Waals surface area contributed by atoms with Gasteiger partial charge in [-0.2, -0.15) is 0 Å². The molecule has 2 unspecified atom stereocenters. The molecule has 98 valence electrons. The summed E-state index contributed by atoms with van der Waals surface area (Å²) < 4.78 is 0. The summed E-state index contributed by atoms with van der Waals surface area (Å²) >= 11 is 0. The Morgan fingerprint density at radius 3 is 2.17 bits per heavy atom. The third-order valence-electron chi connectivity index (χ3n) is 2.67. The lowest BCUT2D eigenvalue weighted by atomic mass is 9.98. The summed E-state index contributed by atoms with van der Waals surface area (Å²) in [5.74, 6) is 0. The van der Waals surface area contributed by atoms with Gasteiger partial charge in [-0.1, -0.05) is 0 Å². The summed E-state index contributed by atoms with van der Waals surface area (Å²) in [4.78, 5) is 21.4. The van der Waals surface area contributed by atoms with Gasteiger partial charge in [0.05, 0.1) is 6.10 Å². The first-order chi connectivity index (χ1) is 8.62. The van der Waals surface area contributed by atoms with Gasteiger partial charge in [-0.05, 0) is 43.8 Å². The predicted molar refractivity (Wildman–Crippen MR) is 66.7 cm³/mol. The molecule has 0 bridgehead atoms. The zero-order valence-electron chi connectivity index (χ0n) is 10.2. The van der Waals surface area contributed by atoms with E-state index in [2.05, 4.69) is 5.32 Å². The van der Waals surface area contributed by atoms with Crippen molar-refractivity contribution in [2.45, 2.75) is 18.6 Å². The van der Waals surface area contributed by atoms with Crippen LogP contribution in [0.1, 0.15) is 38.8 Å². The van der Waals surface area contributed by atoms with Crippen molar-refractivity contribution in [2.75, 3.05) is 13.6 Å². The third kappa shape index (κ3) is 3.73. The molecular weight excluding hydrogens is 234 g/mol. The standard InChI is InChI=1S/C13H17NO4/c1-14-3-2-12(17)13(18)11-5-9(7-15)4-10(6-11)8-16/h4-8,12-14,17-18H,2-3H2,1H3. The number of aldehydes is 2. The van der Waals surface area contributed by atoms with E-state index in [1.807, 2.05) is 0 Å². The van der Waals surface area contributed by atoms with Crippen molar-refractivity contribution in [3.63, 3.8) is 0 Å². The fourth-order valence-electron chi connectivity index (χ4n) is 1.68. The van der Waals surface area contributed by atoms with Crippen molar-refractivity contribution in [1.29, 1.82) is 0 Å². The number of hydrogen-bond donors (Lipinski definition) is 3. The first kappa shape index (κ1) is 14.5. The monoisotopic (exact) mass is 251 g/mol. The fourth-order valence-corrected chi connectivity index (χ4v) is 1.68. The number of carbonyl (C=O) groups excluding carboxylic acids is 2. The van der Waals surface area contributed by atoms with Crippen molar-refractivity contribution in [3.05, 3.63) is 34.9 Å². The fraction of sp³-hybridized carbons (Fsp3) is 0.385. The number of hydrogen-bond acceptors (Lipinski definition) is 5. The van der Waals surface area contributed by atoms with E-state index < -0.39 is 12.2 Å². The van der Waals surface area contributed by atoms with E-state index in [0.29, 0.717) is 42.2 Å². The van der Waals surface area contributed by atoms with Gasteiger partial charge >= 0.3 is 0 Å². The third-order valence-corrected chi connectivity index (χ3v) is 2.67. The molecule has 0 saturated carbocycles. The molecular formula is C13H17NO4. The van der Waals surface area contributed by atoms with Crippen LogP contribution in [0, 0.1) is 0 Å². The number of benzene rings is 1. The summed E-state index contributed by atoms with van der Waals surface area (Å²) in [6.45, 7) is 0.562. The van der Waals surface area contributed by atoms with E-state index in [-0.39, 0.29) is 0 Å². The lowest BCUT2D eigenvalue weighted by molar-refractivity contribution is 0.0140. The molecule has 0 aliphatic heterocycles. The summed E-state index contributed by atoms with van der Waals surface area (Å²) in [6, 6.07) is 4.36. The minimum Gasteiger partial charge on any atom is -0.390 e. The second kappa shape index (κ2) is 7.00. The Morgan fingerprint density at radius 1 is 1.17 bits per heavy atom. The Bertz CT molecular complexity index is 393. The van der Waals surface area contributed by atoms with Crippen molar-refractivity contribution < 1.29 is 19.8 Å². The van der Waals surface area contributed by atoms with Crippen LogP contribution in [0.2, 0.25) is 0 Å². The van der Waals surface area contributed by atoms with Crippen LogP contribution in [0.5, 0.6) is 0 Å². The lowest BCUT2D eigenvalue weighted by Crippen LogP contribution is -2.23. The Labute approximate surface area is 105 Å². The molecule has 0 aromatic heterocycles. The molecule has 0 fully saturated rings. The summed E-state index contributed by atoms with van der Waals surface area (Å²) in [7, 11) is 1.75. The van der Waals surface area contributed by atoms with Crippen LogP contribution < -0.4 is 5.32 Å². The van der Waals surface area contributed by atoms with Crippen LogP contribution in [0.25, 0.3) is 0 Å². The molecule has 0 saturated heterocycles. The van der Waals surface area contributed by atoms with Crippen LogP contribution in [0.15, 0.2) is 18.2 Å². The normalized spacial score (nSPS) is 13.9. The van der Waals surface area contributed by atoms with Gasteiger partial charge in [0.15, 0.2) is 0 Å². The lowest BCUT2D eigenvalue weighted by Gasteiger charge is -2.18. The number of nitrogens with one attached hydrogen (secondary N) is 1. The average Bonchev–Trinajstić information content (AvgIpc) is 2.43. The molecule has 1 aromatic rings. The summed E-state index contributed by atoms with van der Waals surface area (Å²) in [6.07, 6.45) is -0.484. The number of carbonyl (C=O) groups is 2. The van der Waals surface area contributed by atoms with Gasteiger partial charge in [0, 0.05) is 11.1 Å². The van der Waals surface area contributed by atoms with E-state index in [1.54, 1.807) is 7.05 Å². The van der Waals surface area contributed by atoms with Crippen molar-refractivity contribution >= 4 is 12.6 Å². The van der Waals surface area contributed by atoms with Crippen LogP contribution in [-0.4, -0.2) is 42.5 Å². The van der Waals surface area contributed by atoms with E-state index >= 15 is 0 Å².